The van der Waals surface area contributed by atoms with E-state index in [9.17, 15) is 9.90 Å². The molecular formula is C37H31ClN4NiO6+. The first-order chi connectivity index (χ1) is 23.1. The predicted molar refractivity (Wildman–Crippen MR) is 167 cm³/mol. The van der Waals surface area contributed by atoms with Crippen molar-refractivity contribution >= 4 is 5.97 Å². The number of carboxylic acid groups (broad SMARTS) is 1. The number of carbonyl (C=O) groups excluding carboxylic acids is 1. The second-order valence-corrected chi connectivity index (χ2v) is 11.0. The number of nitrogens with zero attached hydrogens (tertiary/aromatic N) is 4. The van der Waals surface area contributed by atoms with Crippen LogP contribution in [0.3, 0.4) is 0 Å². The van der Waals surface area contributed by atoms with Crippen molar-refractivity contribution in [3.8, 4) is 22.5 Å². The fourth-order valence-corrected chi connectivity index (χ4v) is 4.60. The largest absolute Gasteiger partial charge is 3.00 e. The summed E-state index contributed by atoms with van der Waals surface area (Å²) in [5, 5.41) is 10.1. The smallest absolute Gasteiger partial charge is 0.545 e. The van der Waals surface area contributed by atoms with Gasteiger partial charge in [0.25, 0.3) is 0 Å². The van der Waals surface area contributed by atoms with Crippen molar-refractivity contribution in [1.29, 1.82) is 0 Å². The van der Waals surface area contributed by atoms with Gasteiger partial charge >= 0.3 is 16.5 Å². The number of benzene rings is 3. The molecule has 0 spiro atoms. The van der Waals surface area contributed by atoms with Crippen LogP contribution in [-0.2, 0) is 36.1 Å². The van der Waals surface area contributed by atoms with Crippen LogP contribution in [-0.4, -0.2) is 25.8 Å². The number of aromatic carboxylic acids is 1. The van der Waals surface area contributed by atoms with Crippen LogP contribution in [0.1, 0.15) is 27.4 Å². The van der Waals surface area contributed by atoms with E-state index >= 15 is 0 Å². The second-order valence-electron chi connectivity index (χ2n) is 10.3. The minimum Gasteiger partial charge on any atom is -0.545 e. The average molecular weight is 722 g/mol. The van der Waals surface area contributed by atoms with Crippen molar-refractivity contribution < 1.29 is 55.3 Å². The van der Waals surface area contributed by atoms with Gasteiger partial charge in [-0.2, -0.15) is 0 Å². The zero-order chi connectivity index (χ0) is 34.2. The summed E-state index contributed by atoms with van der Waals surface area (Å²) in [5.41, 5.74) is 7.52. The molecule has 0 aliphatic heterocycles. The van der Waals surface area contributed by atoms with Crippen LogP contribution in [0.4, 0.5) is 0 Å². The maximum absolute atomic E-state index is 10.1. The molecule has 0 unspecified atom stereocenters. The third-order valence-corrected chi connectivity index (χ3v) is 6.65. The number of carboxylic acids is 1. The zero-order valence-corrected chi connectivity index (χ0v) is 27.7. The number of hydrogen-bond acceptors (Lipinski definition) is 10. The zero-order valence-electron chi connectivity index (χ0n) is 26.0. The van der Waals surface area contributed by atoms with Gasteiger partial charge in [-0.25, -0.2) is 18.6 Å². The van der Waals surface area contributed by atoms with E-state index in [0.29, 0.717) is 13.1 Å². The van der Waals surface area contributed by atoms with E-state index in [1.165, 1.54) is 12.1 Å². The van der Waals surface area contributed by atoms with Crippen LogP contribution < -0.4 is 23.7 Å². The van der Waals surface area contributed by atoms with Gasteiger partial charge in [-0.15, -0.1) is 10.2 Å². The predicted octanol–water partition coefficient (Wildman–Crippen LogP) is 1.70. The number of pyridine rings is 3. The Bertz CT molecular complexity index is 1740. The summed E-state index contributed by atoms with van der Waals surface area (Å²) in [4.78, 5) is 26.9. The molecule has 0 bridgehead atoms. The third kappa shape index (κ3) is 14.4. The maximum Gasteiger partial charge on any atom is 3.00 e. The van der Waals surface area contributed by atoms with Crippen molar-refractivity contribution in [2.45, 2.75) is 19.6 Å². The van der Waals surface area contributed by atoms with Gasteiger partial charge in [0.1, 0.15) is 0 Å². The van der Waals surface area contributed by atoms with Gasteiger partial charge < -0.3 is 9.90 Å². The minimum absolute atomic E-state index is 0. The SMILES string of the molecule is O=C([O-])c1ccccc1.[Ni+3].[O-][Cl+3]([O-])([O-])[O-].c1ccc(-c2cccc(CN(Cc3ccccn3)Cc3cccc(-c4ccccc4)n3)n2)cc1. The molecule has 0 atom stereocenters. The Balaban J connectivity index is 0.000000363. The Morgan fingerprint density at radius 2 is 0.918 bits per heavy atom. The van der Waals surface area contributed by atoms with Gasteiger partial charge in [-0.3, -0.25) is 19.9 Å². The van der Waals surface area contributed by atoms with Crippen molar-refractivity contribution in [3.63, 3.8) is 0 Å². The van der Waals surface area contributed by atoms with Crippen molar-refractivity contribution in [2.75, 3.05) is 0 Å². The molecule has 6 rings (SSSR count). The first-order valence-corrected chi connectivity index (χ1v) is 15.9. The molecule has 49 heavy (non-hydrogen) atoms. The van der Waals surface area contributed by atoms with Crippen LogP contribution in [0.2, 0.25) is 0 Å². The average Bonchev–Trinajstić information content (AvgIpc) is 3.10. The molecule has 3 aromatic heterocycles. The fraction of sp³-hybridized carbons (Fsp3) is 0.0811. The number of hydrogen-bond donors (Lipinski definition) is 0. The first-order valence-electron chi connectivity index (χ1n) is 14.7. The van der Waals surface area contributed by atoms with Crippen LogP contribution in [0.5, 0.6) is 0 Å². The summed E-state index contributed by atoms with van der Waals surface area (Å²) in [6.45, 7) is 2.12. The number of aromatic nitrogens is 3. The summed E-state index contributed by atoms with van der Waals surface area (Å²) in [7, 11) is -4.94. The molecule has 0 amide bonds. The molecular weight excluding hydrogens is 691 g/mol. The Labute approximate surface area is 296 Å². The molecule has 0 saturated heterocycles. The van der Waals surface area contributed by atoms with Gasteiger partial charge in [0.15, 0.2) is 0 Å². The van der Waals surface area contributed by atoms with E-state index in [0.717, 1.165) is 46.1 Å². The maximum atomic E-state index is 10.1. The van der Waals surface area contributed by atoms with Crippen LogP contribution in [0, 0.1) is 10.2 Å². The topological polar surface area (TPSA) is 174 Å². The van der Waals surface area contributed by atoms with Crippen molar-refractivity contribution in [3.05, 3.63) is 174 Å². The molecule has 3 aromatic carbocycles. The quantitative estimate of drug-likeness (QED) is 0.200. The van der Waals surface area contributed by atoms with Crippen molar-refractivity contribution in [2.24, 2.45) is 0 Å². The second kappa shape index (κ2) is 19.9. The summed E-state index contributed by atoms with van der Waals surface area (Å²) < 4.78 is 34.0. The van der Waals surface area contributed by atoms with E-state index in [4.69, 9.17) is 28.6 Å². The molecule has 3 heterocycles. The Kier molecular flexibility index (Phi) is 15.6. The number of halogens is 1. The minimum atomic E-state index is -4.94. The Morgan fingerprint density at radius 1 is 0.531 bits per heavy atom. The van der Waals surface area contributed by atoms with E-state index in [1.807, 2.05) is 54.7 Å². The summed E-state index contributed by atoms with van der Waals surface area (Å²) >= 11 is 0. The monoisotopic (exact) mass is 720 g/mol. The van der Waals surface area contributed by atoms with Gasteiger partial charge in [-0.1, -0.05) is 109 Å². The molecule has 1 radical (unpaired) electrons. The Hall–Kier alpha value is -4.84. The van der Waals surface area contributed by atoms with Crippen LogP contribution >= 0.6 is 0 Å². The molecule has 10 nitrogen and oxygen atoms in total. The molecule has 0 saturated carbocycles. The number of carbonyl (C=O) groups is 1. The van der Waals surface area contributed by atoms with Crippen LogP contribution in [0.15, 0.2) is 152 Å². The van der Waals surface area contributed by atoms with E-state index in [1.54, 1.807) is 18.2 Å². The normalized spacial score (nSPS) is 10.5. The molecule has 0 N–H and O–H groups in total. The standard InChI is InChI=1S/C30H26N4.C7H6O2.ClHO4.Ni/c1-3-11-24(12-4-1)29-18-9-16-27(32-29)22-34(21-26-15-7-8-20-31-26)23-28-17-10-19-30(33-28)25-13-5-2-6-14-25;8-7(9)6-4-2-1-3-5-6;2-1(3,4)5;/h1-20H,21-23H2;1-5H,(H,8,9);(H,2,3,4,5);/q;;;+3/p-2. The van der Waals surface area contributed by atoms with E-state index in [2.05, 4.69) is 76.6 Å². The molecule has 6 aromatic rings. The summed E-state index contributed by atoms with van der Waals surface area (Å²) in [6.07, 6.45) is 1.84. The molecule has 0 fully saturated rings. The van der Waals surface area contributed by atoms with Gasteiger partial charge in [-0.05, 0) is 42.0 Å². The molecule has 0 aliphatic carbocycles. The summed E-state index contributed by atoms with van der Waals surface area (Å²) in [6, 6.07) is 47.2. The van der Waals surface area contributed by atoms with Gasteiger partial charge in [0.2, 0.25) is 0 Å². The molecule has 0 aliphatic rings. The van der Waals surface area contributed by atoms with Gasteiger partial charge in [0, 0.05) is 37.0 Å². The molecule has 251 valence electrons. The molecule has 12 heteroatoms. The summed E-state index contributed by atoms with van der Waals surface area (Å²) in [5.74, 6) is -1.13. The van der Waals surface area contributed by atoms with Crippen LogP contribution in [0.25, 0.3) is 22.5 Å². The van der Waals surface area contributed by atoms with Gasteiger partial charge in [0.05, 0.1) is 34.4 Å². The van der Waals surface area contributed by atoms with Crippen molar-refractivity contribution in [1.82, 2.24) is 19.9 Å². The fourth-order valence-electron chi connectivity index (χ4n) is 4.60. The van der Waals surface area contributed by atoms with E-state index in [-0.39, 0.29) is 22.1 Å². The number of rotatable bonds is 9. The Morgan fingerprint density at radius 3 is 1.31 bits per heavy atom. The third-order valence-electron chi connectivity index (χ3n) is 6.65. The van der Waals surface area contributed by atoms with E-state index < -0.39 is 16.2 Å². The first kappa shape index (κ1) is 38.6.